The standard InChI is InChI=1S/C17H16ClNO2S/c1-21-13-8-6-12(7-9-13)10-19-16(20)11-22-17(19)14-4-2-3-5-15(14)18/h2-9,17H,10-11H2,1H3. The maximum absolute atomic E-state index is 12.2. The second kappa shape index (κ2) is 6.63. The van der Waals surface area contributed by atoms with Crippen LogP contribution in [0.15, 0.2) is 48.5 Å². The smallest absolute Gasteiger partial charge is 0.234 e. The van der Waals surface area contributed by atoms with Gasteiger partial charge in [0.25, 0.3) is 0 Å². The van der Waals surface area contributed by atoms with Crippen molar-refractivity contribution in [3.05, 3.63) is 64.7 Å². The minimum absolute atomic E-state index is 0.0247. The molecule has 22 heavy (non-hydrogen) atoms. The molecule has 1 unspecified atom stereocenters. The van der Waals surface area contributed by atoms with E-state index in [1.165, 1.54) is 0 Å². The van der Waals surface area contributed by atoms with Gasteiger partial charge in [-0.15, -0.1) is 11.8 Å². The SMILES string of the molecule is COc1ccc(CN2C(=O)CSC2c2ccccc2Cl)cc1. The number of hydrogen-bond donors (Lipinski definition) is 0. The lowest BCUT2D eigenvalue weighted by Crippen LogP contribution is -2.27. The molecule has 0 bridgehead atoms. The van der Waals surface area contributed by atoms with Crippen molar-refractivity contribution in [1.82, 2.24) is 4.90 Å². The molecule has 1 heterocycles. The van der Waals surface area contributed by atoms with E-state index in [-0.39, 0.29) is 11.3 Å². The molecule has 3 nitrogen and oxygen atoms in total. The van der Waals surface area contributed by atoms with Gasteiger partial charge in [0.1, 0.15) is 11.1 Å². The molecular weight excluding hydrogens is 318 g/mol. The number of amides is 1. The third-order valence-corrected chi connectivity index (χ3v) is 5.23. The quantitative estimate of drug-likeness (QED) is 0.842. The first-order chi connectivity index (χ1) is 10.7. The van der Waals surface area contributed by atoms with Crippen LogP contribution in [-0.4, -0.2) is 23.7 Å². The Morgan fingerprint density at radius 3 is 2.64 bits per heavy atom. The van der Waals surface area contributed by atoms with Gasteiger partial charge in [0.05, 0.1) is 12.9 Å². The van der Waals surface area contributed by atoms with E-state index < -0.39 is 0 Å². The van der Waals surface area contributed by atoms with Crippen molar-refractivity contribution in [3.8, 4) is 5.75 Å². The molecule has 1 aliphatic heterocycles. The number of ether oxygens (including phenoxy) is 1. The molecule has 114 valence electrons. The molecule has 3 rings (SSSR count). The molecule has 0 radical (unpaired) electrons. The van der Waals surface area contributed by atoms with E-state index in [0.717, 1.165) is 16.9 Å². The number of thioether (sulfide) groups is 1. The van der Waals surface area contributed by atoms with E-state index in [1.54, 1.807) is 18.9 Å². The summed E-state index contributed by atoms with van der Waals surface area (Å²) >= 11 is 7.91. The number of halogens is 1. The summed E-state index contributed by atoms with van der Waals surface area (Å²) in [7, 11) is 1.64. The van der Waals surface area contributed by atoms with E-state index in [1.807, 2.05) is 53.4 Å². The minimum atomic E-state index is -0.0247. The summed E-state index contributed by atoms with van der Waals surface area (Å²) in [5.41, 5.74) is 2.07. The maximum Gasteiger partial charge on any atom is 0.234 e. The number of benzene rings is 2. The highest BCUT2D eigenvalue weighted by Gasteiger charge is 2.33. The molecule has 0 saturated carbocycles. The molecule has 1 atom stereocenters. The molecule has 0 N–H and O–H groups in total. The summed E-state index contributed by atoms with van der Waals surface area (Å²) in [4.78, 5) is 14.1. The van der Waals surface area contributed by atoms with Crippen molar-refractivity contribution in [3.63, 3.8) is 0 Å². The van der Waals surface area contributed by atoms with Crippen molar-refractivity contribution < 1.29 is 9.53 Å². The average Bonchev–Trinajstić information content (AvgIpc) is 2.90. The minimum Gasteiger partial charge on any atom is -0.497 e. The van der Waals surface area contributed by atoms with Crippen LogP contribution in [0.4, 0.5) is 0 Å². The van der Waals surface area contributed by atoms with Gasteiger partial charge >= 0.3 is 0 Å². The molecule has 2 aromatic carbocycles. The molecule has 5 heteroatoms. The topological polar surface area (TPSA) is 29.5 Å². The number of carbonyl (C=O) groups is 1. The van der Waals surface area contributed by atoms with Crippen molar-refractivity contribution >= 4 is 29.3 Å². The lowest BCUT2D eigenvalue weighted by atomic mass is 10.1. The molecule has 1 amide bonds. The Morgan fingerprint density at radius 2 is 1.95 bits per heavy atom. The Balaban J connectivity index is 1.83. The maximum atomic E-state index is 12.2. The summed E-state index contributed by atoms with van der Waals surface area (Å²) in [5, 5.41) is 0.678. The van der Waals surface area contributed by atoms with Crippen LogP contribution in [0.3, 0.4) is 0 Å². The van der Waals surface area contributed by atoms with Gasteiger partial charge in [0, 0.05) is 17.1 Å². The van der Waals surface area contributed by atoms with Crippen LogP contribution in [-0.2, 0) is 11.3 Å². The Kier molecular flexibility index (Phi) is 4.60. The number of carbonyl (C=O) groups excluding carboxylic acids is 1. The van der Waals surface area contributed by atoms with Crippen LogP contribution >= 0.6 is 23.4 Å². The normalized spacial score (nSPS) is 17.8. The van der Waals surface area contributed by atoms with Crippen molar-refractivity contribution in [1.29, 1.82) is 0 Å². The van der Waals surface area contributed by atoms with Gasteiger partial charge in [0.2, 0.25) is 5.91 Å². The van der Waals surface area contributed by atoms with E-state index in [2.05, 4.69) is 0 Å². The second-order valence-electron chi connectivity index (χ2n) is 5.05. The summed E-state index contributed by atoms with van der Waals surface area (Å²) in [6, 6.07) is 15.5. The Labute approximate surface area is 139 Å². The first kappa shape index (κ1) is 15.3. The lowest BCUT2D eigenvalue weighted by Gasteiger charge is -2.25. The molecule has 0 spiro atoms. The third kappa shape index (κ3) is 3.08. The highest BCUT2D eigenvalue weighted by Crippen LogP contribution is 2.42. The van der Waals surface area contributed by atoms with Gasteiger partial charge in [-0.05, 0) is 23.8 Å². The van der Waals surface area contributed by atoms with Crippen LogP contribution in [0.25, 0.3) is 0 Å². The first-order valence-corrected chi connectivity index (χ1v) is 8.40. The van der Waals surface area contributed by atoms with Crippen LogP contribution < -0.4 is 4.74 Å². The van der Waals surface area contributed by atoms with Crippen molar-refractivity contribution in [2.45, 2.75) is 11.9 Å². The number of nitrogens with zero attached hydrogens (tertiary/aromatic N) is 1. The molecule has 0 aromatic heterocycles. The zero-order valence-electron chi connectivity index (χ0n) is 12.2. The van der Waals surface area contributed by atoms with Crippen LogP contribution in [0.1, 0.15) is 16.5 Å². The molecule has 2 aromatic rings. The van der Waals surface area contributed by atoms with Crippen LogP contribution in [0, 0.1) is 0 Å². The summed E-state index contributed by atoms with van der Waals surface area (Å²) in [6.45, 7) is 0.575. The Morgan fingerprint density at radius 1 is 1.23 bits per heavy atom. The van der Waals surface area contributed by atoms with Gasteiger partial charge in [-0.25, -0.2) is 0 Å². The fourth-order valence-electron chi connectivity index (χ4n) is 2.49. The van der Waals surface area contributed by atoms with E-state index >= 15 is 0 Å². The molecular formula is C17H16ClNO2S. The van der Waals surface area contributed by atoms with Crippen LogP contribution in [0.2, 0.25) is 5.02 Å². The van der Waals surface area contributed by atoms with Crippen molar-refractivity contribution in [2.24, 2.45) is 0 Å². The Bertz CT molecular complexity index is 675. The van der Waals surface area contributed by atoms with Gasteiger partial charge in [0.15, 0.2) is 0 Å². The largest absolute Gasteiger partial charge is 0.497 e. The summed E-state index contributed by atoms with van der Waals surface area (Å²) < 4.78 is 5.16. The highest BCUT2D eigenvalue weighted by atomic mass is 35.5. The van der Waals surface area contributed by atoms with E-state index in [9.17, 15) is 4.79 Å². The van der Waals surface area contributed by atoms with Gasteiger partial charge in [-0.2, -0.15) is 0 Å². The molecule has 0 aliphatic carbocycles. The predicted molar refractivity (Wildman–Crippen MR) is 90.2 cm³/mol. The van der Waals surface area contributed by atoms with Crippen molar-refractivity contribution in [2.75, 3.05) is 12.9 Å². The zero-order valence-corrected chi connectivity index (χ0v) is 13.7. The molecule has 1 fully saturated rings. The Hall–Kier alpha value is -1.65. The third-order valence-electron chi connectivity index (χ3n) is 3.65. The molecule has 1 saturated heterocycles. The number of methoxy groups -OCH3 is 1. The predicted octanol–water partition coefficient (Wildman–Crippen LogP) is 4.12. The fraction of sp³-hybridized carbons (Fsp3) is 0.235. The number of rotatable bonds is 4. The van der Waals surface area contributed by atoms with E-state index in [4.69, 9.17) is 16.3 Å². The first-order valence-electron chi connectivity index (χ1n) is 6.97. The van der Waals surface area contributed by atoms with Gasteiger partial charge in [-0.3, -0.25) is 4.79 Å². The monoisotopic (exact) mass is 333 g/mol. The zero-order chi connectivity index (χ0) is 15.5. The molecule has 1 aliphatic rings. The second-order valence-corrected chi connectivity index (χ2v) is 6.53. The van der Waals surface area contributed by atoms with E-state index in [0.29, 0.717) is 17.3 Å². The lowest BCUT2D eigenvalue weighted by molar-refractivity contribution is -0.128. The summed E-state index contributed by atoms with van der Waals surface area (Å²) in [6.07, 6.45) is 0. The van der Waals surface area contributed by atoms with Gasteiger partial charge in [-0.1, -0.05) is 41.9 Å². The van der Waals surface area contributed by atoms with Crippen LogP contribution in [0.5, 0.6) is 5.75 Å². The average molecular weight is 334 g/mol. The number of hydrogen-bond acceptors (Lipinski definition) is 3. The van der Waals surface area contributed by atoms with Gasteiger partial charge < -0.3 is 9.64 Å². The fourth-order valence-corrected chi connectivity index (χ4v) is 4.01. The highest BCUT2D eigenvalue weighted by molar-refractivity contribution is 8.00. The summed E-state index contributed by atoms with van der Waals surface area (Å²) in [5.74, 6) is 1.45.